The van der Waals surface area contributed by atoms with Gasteiger partial charge in [-0.15, -0.1) is 0 Å². The monoisotopic (exact) mass is 530 g/mol. The molecule has 2 saturated heterocycles. The highest BCUT2D eigenvalue weighted by Crippen LogP contribution is 2.41. The van der Waals surface area contributed by atoms with Crippen molar-refractivity contribution in [3.8, 4) is 0 Å². The number of imide groups is 1. The first-order chi connectivity index (χ1) is 18.1. The SMILES string of the molecule is NC(Cc1cc(F)c(F)cc1F)C1C[C@H]2CC[C@@H](C1)N2C(O)CNC(=O)CN1C(=O)c2ccccc2C1=O. The molecule has 3 aliphatic rings. The lowest BCUT2D eigenvalue weighted by Crippen LogP contribution is -2.55. The number of carbonyl (C=O) groups is 3. The molecule has 0 aromatic heterocycles. The minimum Gasteiger partial charge on any atom is -0.376 e. The molecule has 3 aliphatic heterocycles. The maximum atomic E-state index is 14.1. The number of hydrogen-bond acceptors (Lipinski definition) is 6. The van der Waals surface area contributed by atoms with Crippen LogP contribution in [0.15, 0.2) is 36.4 Å². The number of aliphatic hydroxyl groups excluding tert-OH is 1. The first kappa shape index (κ1) is 26.3. The van der Waals surface area contributed by atoms with Gasteiger partial charge in [-0.1, -0.05) is 12.1 Å². The van der Waals surface area contributed by atoms with Gasteiger partial charge in [0.25, 0.3) is 11.8 Å². The van der Waals surface area contributed by atoms with Crippen molar-refractivity contribution in [1.82, 2.24) is 15.1 Å². The first-order valence-corrected chi connectivity index (χ1v) is 12.7. The Kier molecular flexibility index (Phi) is 7.26. The van der Waals surface area contributed by atoms with E-state index >= 15 is 0 Å². The molecular formula is C27H29F3N4O4. The number of amides is 3. The van der Waals surface area contributed by atoms with E-state index in [2.05, 4.69) is 5.32 Å². The lowest BCUT2D eigenvalue weighted by atomic mass is 9.82. The van der Waals surface area contributed by atoms with Crippen LogP contribution in [0.3, 0.4) is 0 Å². The van der Waals surface area contributed by atoms with E-state index in [1.54, 1.807) is 12.1 Å². The molecule has 11 heteroatoms. The van der Waals surface area contributed by atoms with Gasteiger partial charge in [0.1, 0.15) is 18.6 Å². The Hall–Kier alpha value is -3.28. The van der Waals surface area contributed by atoms with Crippen LogP contribution in [-0.2, 0) is 11.2 Å². The summed E-state index contributed by atoms with van der Waals surface area (Å²) in [6, 6.07) is 7.30. The third kappa shape index (κ3) is 4.93. The van der Waals surface area contributed by atoms with Gasteiger partial charge in [-0.25, -0.2) is 13.2 Å². The molecule has 3 amide bonds. The summed E-state index contributed by atoms with van der Waals surface area (Å²) in [6.45, 7) is -0.519. The average molecular weight is 531 g/mol. The van der Waals surface area contributed by atoms with E-state index in [9.17, 15) is 32.7 Å². The van der Waals surface area contributed by atoms with Gasteiger partial charge in [-0.05, 0) is 61.8 Å². The Balaban J connectivity index is 1.13. The van der Waals surface area contributed by atoms with Crippen molar-refractivity contribution in [3.63, 3.8) is 0 Å². The number of piperidine rings is 1. The highest BCUT2D eigenvalue weighted by molar-refractivity contribution is 6.22. The quantitative estimate of drug-likeness (QED) is 0.355. The van der Waals surface area contributed by atoms with Crippen molar-refractivity contribution in [2.24, 2.45) is 11.7 Å². The minimum atomic E-state index is -1.24. The molecule has 38 heavy (non-hydrogen) atoms. The number of aliphatic hydroxyl groups is 1. The molecule has 5 rings (SSSR count). The summed E-state index contributed by atoms with van der Waals surface area (Å²) in [5, 5.41) is 13.5. The Labute approximate surface area is 217 Å². The van der Waals surface area contributed by atoms with Crippen molar-refractivity contribution in [3.05, 3.63) is 70.5 Å². The second-order valence-corrected chi connectivity index (χ2v) is 10.3. The van der Waals surface area contributed by atoms with Gasteiger partial charge in [-0.2, -0.15) is 0 Å². The van der Waals surface area contributed by atoms with Crippen LogP contribution in [-0.4, -0.2) is 70.1 Å². The molecule has 202 valence electrons. The molecule has 2 aromatic carbocycles. The Morgan fingerprint density at radius 2 is 1.58 bits per heavy atom. The van der Waals surface area contributed by atoms with Gasteiger partial charge in [-0.3, -0.25) is 24.2 Å². The van der Waals surface area contributed by atoms with Gasteiger partial charge < -0.3 is 16.2 Å². The number of nitrogens with one attached hydrogen (secondary N) is 1. The Morgan fingerprint density at radius 3 is 2.18 bits per heavy atom. The smallest absolute Gasteiger partial charge is 0.262 e. The Bertz CT molecular complexity index is 1230. The summed E-state index contributed by atoms with van der Waals surface area (Å²) in [5.41, 5.74) is 6.91. The number of benzene rings is 2. The van der Waals surface area contributed by atoms with Crippen molar-refractivity contribution < 1.29 is 32.7 Å². The topological polar surface area (TPSA) is 116 Å². The van der Waals surface area contributed by atoms with E-state index in [1.165, 1.54) is 12.1 Å². The summed E-state index contributed by atoms with van der Waals surface area (Å²) in [6.07, 6.45) is 2.04. The number of hydrogen-bond donors (Lipinski definition) is 3. The zero-order valence-corrected chi connectivity index (χ0v) is 20.6. The van der Waals surface area contributed by atoms with Gasteiger partial charge in [0.2, 0.25) is 5.91 Å². The van der Waals surface area contributed by atoms with Crippen LogP contribution in [0.4, 0.5) is 13.2 Å². The normalized spacial score (nSPS) is 24.4. The van der Waals surface area contributed by atoms with Crippen molar-refractivity contribution in [2.75, 3.05) is 13.1 Å². The highest BCUT2D eigenvalue weighted by atomic mass is 19.2. The standard InChI is InChI=1S/C27H29F3N4O4/c28-20-11-22(30)21(29)9-14(20)10-23(31)15-7-16-5-6-17(8-15)34(16)25(36)12-32-24(35)13-33-26(37)18-3-1-2-4-19(18)27(33)38/h1-4,9,11,15-17,23,25,36H,5-8,10,12-13,31H2,(H,32,35)/t15?,16-,17+,23?,25?. The third-order valence-corrected chi connectivity index (χ3v) is 7.98. The van der Waals surface area contributed by atoms with E-state index in [-0.39, 0.29) is 47.7 Å². The van der Waals surface area contributed by atoms with Gasteiger partial charge in [0.15, 0.2) is 11.6 Å². The molecule has 5 atom stereocenters. The number of fused-ring (bicyclic) bond motifs is 3. The number of nitrogens with zero attached hydrogens (tertiary/aromatic N) is 2. The summed E-state index contributed by atoms with van der Waals surface area (Å²) in [4.78, 5) is 40.3. The molecule has 0 aliphatic carbocycles. The number of halogens is 3. The van der Waals surface area contributed by atoms with Crippen LogP contribution in [0.5, 0.6) is 0 Å². The molecule has 8 nitrogen and oxygen atoms in total. The zero-order chi connectivity index (χ0) is 27.1. The first-order valence-electron chi connectivity index (χ1n) is 12.7. The van der Waals surface area contributed by atoms with E-state index in [1.807, 2.05) is 4.90 Å². The fourth-order valence-electron chi connectivity index (χ4n) is 6.13. The second-order valence-electron chi connectivity index (χ2n) is 10.3. The summed E-state index contributed by atoms with van der Waals surface area (Å²) >= 11 is 0. The zero-order valence-electron chi connectivity index (χ0n) is 20.6. The largest absolute Gasteiger partial charge is 0.376 e. The molecule has 0 saturated carbocycles. The van der Waals surface area contributed by atoms with Gasteiger partial charge in [0, 0.05) is 24.2 Å². The highest BCUT2D eigenvalue weighted by Gasteiger charge is 2.45. The van der Waals surface area contributed by atoms with Crippen molar-refractivity contribution in [2.45, 2.75) is 56.5 Å². The lowest BCUT2D eigenvalue weighted by molar-refractivity contribution is -0.123. The molecule has 2 bridgehead atoms. The average Bonchev–Trinajstić information content (AvgIpc) is 3.29. The lowest BCUT2D eigenvalue weighted by Gasteiger charge is -2.43. The maximum absolute atomic E-state index is 14.1. The van der Waals surface area contributed by atoms with Crippen LogP contribution < -0.4 is 11.1 Å². The van der Waals surface area contributed by atoms with E-state index < -0.39 is 54.0 Å². The van der Waals surface area contributed by atoms with E-state index in [0.29, 0.717) is 18.9 Å². The molecule has 2 aromatic rings. The van der Waals surface area contributed by atoms with E-state index in [0.717, 1.165) is 23.8 Å². The molecular weight excluding hydrogens is 501 g/mol. The van der Waals surface area contributed by atoms with Gasteiger partial charge >= 0.3 is 0 Å². The fraction of sp³-hybridized carbons (Fsp3) is 0.444. The Morgan fingerprint density at radius 1 is 1.00 bits per heavy atom. The molecule has 2 fully saturated rings. The summed E-state index contributed by atoms with van der Waals surface area (Å²) in [7, 11) is 0. The second kappa shape index (κ2) is 10.5. The van der Waals surface area contributed by atoms with Gasteiger partial charge in [0.05, 0.1) is 17.7 Å². The molecule has 3 unspecified atom stereocenters. The van der Waals surface area contributed by atoms with Crippen LogP contribution in [0.2, 0.25) is 0 Å². The van der Waals surface area contributed by atoms with Crippen LogP contribution in [0.1, 0.15) is 52.0 Å². The van der Waals surface area contributed by atoms with Crippen LogP contribution >= 0.6 is 0 Å². The van der Waals surface area contributed by atoms with Crippen LogP contribution in [0.25, 0.3) is 0 Å². The fourth-order valence-corrected chi connectivity index (χ4v) is 6.13. The predicted molar refractivity (Wildman–Crippen MR) is 130 cm³/mol. The summed E-state index contributed by atoms with van der Waals surface area (Å²) in [5.74, 6) is -4.79. The van der Waals surface area contributed by atoms with Crippen LogP contribution in [0, 0.1) is 23.4 Å². The predicted octanol–water partition coefficient (Wildman–Crippen LogP) is 1.95. The molecule has 4 N–H and O–H groups in total. The minimum absolute atomic E-state index is 0.00254. The maximum Gasteiger partial charge on any atom is 0.262 e. The number of rotatable bonds is 8. The molecule has 0 radical (unpaired) electrons. The number of nitrogens with two attached hydrogens (primary N) is 1. The number of carbonyl (C=O) groups excluding carboxylic acids is 3. The van der Waals surface area contributed by atoms with Crippen molar-refractivity contribution >= 4 is 17.7 Å². The molecule has 0 spiro atoms. The van der Waals surface area contributed by atoms with Crippen molar-refractivity contribution in [1.29, 1.82) is 0 Å². The molecule has 3 heterocycles. The van der Waals surface area contributed by atoms with E-state index in [4.69, 9.17) is 5.73 Å². The third-order valence-electron chi connectivity index (χ3n) is 7.98. The summed E-state index contributed by atoms with van der Waals surface area (Å²) < 4.78 is 40.9.